The molecule has 0 amide bonds. The molecule has 4 aromatic carbocycles. The predicted molar refractivity (Wildman–Crippen MR) is 166 cm³/mol. The van der Waals surface area contributed by atoms with Crippen molar-refractivity contribution < 1.29 is 112 Å². The van der Waals surface area contributed by atoms with E-state index in [-0.39, 0.29) is 70.2 Å². The van der Waals surface area contributed by atoms with Gasteiger partial charge in [0.05, 0.1) is 40.8 Å². The summed E-state index contributed by atoms with van der Waals surface area (Å²) in [5.74, 6) is 0. The minimum Gasteiger partial charge on any atom is -0.744 e. The van der Waals surface area contributed by atoms with Gasteiger partial charge in [-0.1, -0.05) is 24.3 Å². The van der Waals surface area contributed by atoms with E-state index >= 15 is 0 Å². The summed E-state index contributed by atoms with van der Waals surface area (Å²) < 4.78 is 127. The van der Waals surface area contributed by atoms with Gasteiger partial charge in [0.1, 0.15) is 20.2 Å². The fourth-order valence-corrected chi connectivity index (χ4v) is 7.50. The number of nitro groups is 2. The Morgan fingerprint density at radius 1 is 0.500 bits per heavy atom. The Bertz CT molecular complexity index is 2250. The van der Waals surface area contributed by atoms with Crippen LogP contribution in [0.25, 0.3) is 12.2 Å². The molecular weight excluding hydrogens is 767 g/mol. The third kappa shape index (κ3) is 10.6. The van der Waals surface area contributed by atoms with Crippen LogP contribution in [0.2, 0.25) is 0 Å². The Kier molecular flexibility index (Phi) is 14.1. The monoisotopic (exact) mass is 784 g/mol. The molecule has 0 atom stereocenters. The fourth-order valence-electron chi connectivity index (χ4n) is 4.01. The molecule has 4 rings (SSSR count). The molecule has 0 aromatic heterocycles. The number of rotatable bonds is 12. The number of nitrogens with zero attached hydrogens (tertiary/aromatic N) is 2. The molecule has 18 nitrogen and oxygen atoms in total. The summed E-state index contributed by atoms with van der Waals surface area (Å²) in [4.78, 5) is 17.4. The van der Waals surface area contributed by atoms with Crippen LogP contribution in [0.15, 0.2) is 105 Å². The van der Waals surface area contributed by atoms with E-state index in [0.717, 1.165) is 84.9 Å². The Morgan fingerprint density at radius 3 is 1.06 bits per heavy atom. The Morgan fingerprint density at radius 2 is 0.800 bits per heavy atom. The molecule has 0 saturated heterocycles. The number of benzene rings is 4. The Balaban J connectivity index is 0.00000433. The second-order valence-corrected chi connectivity index (χ2v) is 15.5. The number of anilines is 2. The molecule has 252 valence electrons. The largest absolute Gasteiger partial charge is 1.00 e. The standard InChI is InChI=1S/C26H20N4O14S4.2Na/c31-29(32)21-7-11-23(12-8-21)45(35,36)27-19-5-3-17(25(15-19)47(39,40)41)1-2-18-4-6-20(16-26(18)48(42,43)44)28-46(37,38)24-13-9-22(10-14-24)30(33)34;;/h1-16,27-28H,(H,39,40,41)(H,42,43,44);;/q;2*+1/p-2/b2-1+;;. The van der Waals surface area contributed by atoms with Crippen LogP contribution in [0.1, 0.15) is 11.1 Å². The Labute approximate surface area is 329 Å². The molecule has 50 heavy (non-hydrogen) atoms. The normalized spacial score (nSPS) is 12.0. The van der Waals surface area contributed by atoms with E-state index in [1.54, 1.807) is 0 Å². The minimum absolute atomic E-state index is 0. The van der Waals surface area contributed by atoms with E-state index in [0.29, 0.717) is 12.1 Å². The molecule has 2 N–H and O–H groups in total. The van der Waals surface area contributed by atoms with Crippen LogP contribution in [0.4, 0.5) is 22.7 Å². The first-order chi connectivity index (χ1) is 22.2. The average Bonchev–Trinajstić information content (AvgIpc) is 2.99. The van der Waals surface area contributed by atoms with Crippen LogP contribution in [0.3, 0.4) is 0 Å². The number of sulfonamides is 2. The summed E-state index contributed by atoms with van der Waals surface area (Å²) in [5, 5.41) is 21.7. The third-order valence-electron chi connectivity index (χ3n) is 6.23. The van der Waals surface area contributed by atoms with Crippen molar-refractivity contribution in [1.82, 2.24) is 0 Å². The molecule has 24 heteroatoms. The van der Waals surface area contributed by atoms with Gasteiger partial charge in [-0.15, -0.1) is 0 Å². The summed E-state index contributed by atoms with van der Waals surface area (Å²) in [7, 11) is -19.4. The van der Waals surface area contributed by atoms with Crippen molar-refractivity contribution in [3.63, 3.8) is 0 Å². The number of hydrogen-bond acceptors (Lipinski definition) is 14. The van der Waals surface area contributed by atoms with Gasteiger partial charge >= 0.3 is 59.1 Å². The van der Waals surface area contributed by atoms with Crippen molar-refractivity contribution in [2.24, 2.45) is 0 Å². The van der Waals surface area contributed by atoms with Gasteiger partial charge in [-0.2, -0.15) is 0 Å². The number of nitrogens with one attached hydrogen (secondary N) is 2. The van der Waals surface area contributed by atoms with Crippen molar-refractivity contribution in [2.75, 3.05) is 9.44 Å². The van der Waals surface area contributed by atoms with Gasteiger partial charge in [0.15, 0.2) is 0 Å². The van der Waals surface area contributed by atoms with Gasteiger partial charge < -0.3 is 9.11 Å². The number of non-ortho nitro benzene ring substituents is 2. The quantitative estimate of drug-likeness (QED) is 0.0479. The first-order valence-electron chi connectivity index (χ1n) is 12.6. The van der Waals surface area contributed by atoms with Gasteiger partial charge in [0.2, 0.25) is 0 Å². The summed E-state index contributed by atoms with van der Waals surface area (Å²) in [6, 6.07) is 12.8. The minimum atomic E-state index is -5.30. The van der Waals surface area contributed by atoms with Gasteiger partial charge in [-0.25, -0.2) is 33.7 Å². The first-order valence-corrected chi connectivity index (χ1v) is 18.4. The van der Waals surface area contributed by atoms with Crippen molar-refractivity contribution in [3.05, 3.63) is 116 Å². The maximum atomic E-state index is 12.7. The maximum Gasteiger partial charge on any atom is 1.00 e. The predicted octanol–water partition coefficient (Wildman–Crippen LogP) is -2.91. The van der Waals surface area contributed by atoms with E-state index in [2.05, 4.69) is 0 Å². The molecule has 0 aliphatic heterocycles. The van der Waals surface area contributed by atoms with Crippen LogP contribution < -0.4 is 68.6 Å². The van der Waals surface area contributed by atoms with Gasteiger partial charge in [-0.3, -0.25) is 29.7 Å². The summed E-state index contributed by atoms with van der Waals surface area (Å²) >= 11 is 0. The molecule has 0 bridgehead atoms. The molecule has 0 aliphatic carbocycles. The fraction of sp³-hybridized carbons (Fsp3) is 0. The van der Waals surface area contributed by atoms with Gasteiger partial charge in [0, 0.05) is 24.3 Å². The Hall–Kier alpha value is -3.26. The van der Waals surface area contributed by atoms with Gasteiger partial charge in [0.25, 0.3) is 31.4 Å². The zero-order chi connectivity index (χ0) is 35.7. The summed E-state index contributed by atoms with van der Waals surface area (Å²) in [6.45, 7) is 0. The molecule has 0 heterocycles. The van der Waals surface area contributed by atoms with Crippen molar-refractivity contribution in [1.29, 1.82) is 0 Å². The number of hydrogen-bond donors (Lipinski definition) is 2. The van der Waals surface area contributed by atoms with E-state index in [1.807, 2.05) is 9.44 Å². The number of nitro benzene ring substituents is 2. The molecule has 4 aromatic rings. The van der Waals surface area contributed by atoms with E-state index in [9.17, 15) is 63.0 Å². The van der Waals surface area contributed by atoms with E-state index in [1.165, 1.54) is 0 Å². The zero-order valence-corrected chi connectivity index (χ0v) is 32.7. The van der Waals surface area contributed by atoms with Gasteiger partial charge in [-0.05, 0) is 59.7 Å². The molecule has 0 unspecified atom stereocenters. The molecule has 0 aliphatic rings. The van der Waals surface area contributed by atoms with Crippen LogP contribution in [-0.4, -0.2) is 52.6 Å². The molecule has 0 spiro atoms. The molecular formula is C26H18N4Na2O14S4. The third-order valence-corrected chi connectivity index (χ3v) is 10.8. The smallest absolute Gasteiger partial charge is 0.744 e. The molecule has 0 fully saturated rings. The molecule has 0 saturated carbocycles. The second kappa shape index (κ2) is 16.4. The second-order valence-electron chi connectivity index (χ2n) is 9.46. The summed E-state index contributed by atoms with van der Waals surface area (Å²) in [6.07, 6.45) is 1.87. The van der Waals surface area contributed by atoms with Crippen LogP contribution in [0, 0.1) is 20.2 Å². The first kappa shape index (κ1) is 42.9. The van der Waals surface area contributed by atoms with E-state index < -0.39 is 92.5 Å². The topological polar surface area (TPSA) is 293 Å². The van der Waals surface area contributed by atoms with Crippen molar-refractivity contribution in [3.8, 4) is 0 Å². The summed E-state index contributed by atoms with van der Waals surface area (Å²) in [5.41, 5.74) is -2.30. The van der Waals surface area contributed by atoms with Crippen LogP contribution in [0.5, 0.6) is 0 Å². The van der Waals surface area contributed by atoms with Crippen molar-refractivity contribution in [2.45, 2.75) is 19.6 Å². The average molecular weight is 785 g/mol. The zero-order valence-electron chi connectivity index (χ0n) is 25.5. The van der Waals surface area contributed by atoms with Crippen LogP contribution >= 0.6 is 0 Å². The van der Waals surface area contributed by atoms with E-state index in [4.69, 9.17) is 0 Å². The maximum absolute atomic E-state index is 12.7. The molecule has 0 radical (unpaired) electrons. The van der Waals surface area contributed by atoms with Crippen molar-refractivity contribution >= 4 is 75.2 Å². The van der Waals surface area contributed by atoms with Crippen LogP contribution in [-0.2, 0) is 40.3 Å². The SMILES string of the molecule is O=[N+]([O-])c1ccc(S(=O)(=O)Nc2ccc(/C=C/c3ccc(NS(=O)(=O)c4ccc([N+](=O)[O-])cc4)cc3S(=O)(=O)[O-])c(S(=O)(=O)[O-])c2)cc1.[Na+].[Na+].